The van der Waals surface area contributed by atoms with Crippen LogP contribution < -0.4 is 5.32 Å². The van der Waals surface area contributed by atoms with Crippen molar-refractivity contribution < 1.29 is 4.74 Å². The Morgan fingerprint density at radius 3 is 2.93 bits per heavy atom. The van der Waals surface area contributed by atoms with Crippen molar-refractivity contribution in [3.05, 3.63) is 0 Å². The highest BCUT2D eigenvalue weighted by Crippen LogP contribution is 2.18. The summed E-state index contributed by atoms with van der Waals surface area (Å²) < 4.78 is 5.43. The van der Waals surface area contributed by atoms with E-state index in [1.807, 2.05) is 0 Å². The summed E-state index contributed by atoms with van der Waals surface area (Å²) in [7, 11) is 2.24. The maximum Gasteiger partial charge on any atom is 0.0622 e. The molecule has 3 atom stereocenters. The van der Waals surface area contributed by atoms with Crippen LogP contribution in [0.15, 0.2) is 0 Å². The van der Waals surface area contributed by atoms with Gasteiger partial charge in [0.2, 0.25) is 0 Å². The zero-order chi connectivity index (χ0) is 10.7. The third kappa shape index (κ3) is 2.92. The van der Waals surface area contributed by atoms with E-state index in [4.69, 9.17) is 4.74 Å². The first-order valence-corrected chi connectivity index (χ1v) is 6.28. The summed E-state index contributed by atoms with van der Waals surface area (Å²) in [5, 5.41) is 3.64. The van der Waals surface area contributed by atoms with Gasteiger partial charge < -0.3 is 10.1 Å². The molecule has 3 heteroatoms. The Morgan fingerprint density at radius 2 is 2.27 bits per heavy atom. The lowest BCUT2D eigenvalue weighted by Crippen LogP contribution is -2.49. The van der Waals surface area contributed by atoms with Crippen LogP contribution in [0.5, 0.6) is 0 Å². The molecule has 0 bridgehead atoms. The highest BCUT2D eigenvalue weighted by Gasteiger charge is 2.26. The molecule has 0 radical (unpaired) electrons. The third-order valence-corrected chi connectivity index (χ3v) is 3.94. The van der Waals surface area contributed by atoms with E-state index >= 15 is 0 Å². The van der Waals surface area contributed by atoms with Gasteiger partial charge in [-0.1, -0.05) is 6.92 Å². The first-order valence-electron chi connectivity index (χ1n) is 6.28. The van der Waals surface area contributed by atoms with E-state index in [2.05, 4.69) is 24.2 Å². The van der Waals surface area contributed by atoms with Gasteiger partial charge in [0.05, 0.1) is 6.61 Å². The molecule has 2 aliphatic rings. The van der Waals surface area contributed by atoms with Crippen LogP contribution in [0.4, 0.5) is 0 Å². The molecular weight excluding hydrogens is 188 g/mol. The number of rotatable bonds is 3. The number of hydrogen-bond donors (Lipinski definition) is 1. The van der Waals surface area contributed by atoms with E-state index in [9.17, 15) is 0 Å². The summed E-state index contributed by atoms with van der Waals surface area (Å²) in [5.41, 5.74) is 0. The Kier molecular flexibility index (Phi) is 4.00. The molecule has 15 heavy (non-hydrogen) atoms. The molecule has 0 amide bonds. The van der Waals surface area contributed by atoms with Gasteiger partial charge >= 0.3 is 0 Å². The highest BCUT2D eigenvalue weighted by atomic mass is 16.5. The molecule has 0 aromatic carbocycles. The summed E-state index contributed by atoms with van der Waals surface area (Å²) in [6, 6.07) is 1.34. The molecule has 0 aliphatic carbocycles. The van der Waals surface area contributed by atoms with Crippen LogP contribution in [0, 0.1) is 5.92 Å². The Hall–Kier alpha value is -0.120. The lowest BCUT2D eigenvalue weighted by Gasteiger charge is -2.35. The smallest absolute Gasteiger partial charge is 0.0622 e. The average molecular weight is 212 g/mol. The lowest BCUT2D eigenvalue weighted by molar-refractivity contribution is 0.140. The van der Waals surface area contributed by atoms with Gasteiger partial charge in [-0.2, -0.15) is 0 Å². The van der Waals surface area contributed by atoms with Gasteiger partial charge in [0.15, 0.2) is 0 Å². The second kappa shape index (κ2) is 5.28. The van der Waals surface area contributed by atoms with Crippen LogP contribution in [0.1, 0.15) is 26.2 Å². The molecule has 2 heterocycles. The summed E-state index contributed by atoms with van der Waals surface area (Å²) in [6.45, 7) is 6.62. The van der Waals surface area contributed by atoms with Crippen molar-refractivity contribution in [2.75, 3.05) is 33.4 Å². The minimum atomic E-state index is 0.654. The largest absolute Gasteiger partial charge is 0.380 e. The predicted molar refractivity (Wildman–Crippen MR) is 62.0 cm³/mol. The van der Waals surface area contributed by atoms with E-state index in [1.54, 1.807) is 0 Å². The molecule has 3 nitrogen and oxygen atoms in total. The van der Waals surface area contributed by atoms with Gasteiger partial charge in [-0.05, 0) is 38.8 Å². The molecular formula is C12H24N2O. The summed E-state index contributed by atoms with van der Waals surface area (Å²) >= 11 is 0. The van der Waals surface area contributed by atoms with Crippen molar-refractivity contribution >= 4 is 0 Å². The highest BCUT2D eigenvalue weighted by molar-refractivity contribution is 4.83. The standard InChI is InChI=1S/C12H24N2O/c1-10-4-3-6-13-12(10)8-14(2)11-5-7-15-9-11/h10-13H,3-9H2,1-2H3. The van der Waals surface area contributed by atoms with Crippen LogP contribution in [-0.2, 0) is 4.74 Å². The van der Waals surface area contributed by atoms with Crippen molar-refractivity contribution in [2.24, 2.45) is 5.92 Å². The first-order chi connectivity index (χ1) is 7.27. The van der Waals surface area contributed by atoms with E-state index in [0.29, 0.717) is 12.1 Å². The molecule has 0 spiro atoms. The minimum Gasteiger partial charge on any atom is -0.380 e. The molecule has 0 aromatic heterocycles. The molecule has 2 rings (SSSR count). The van der Waals surface area contributed by atoms with E-state index in [0.717, 1.165) is 19.1 Å². The summed E-state index contributed by atoms with van der Waals surface area (Å²) in [6.07, 6.45) is 3.93. The zero-order valence-corrected chi connectivity index (χ0v) is 10.0. The van der Waals surface area contributed by atoms with E-state index in [1.165, 1.54) is 32.4 Å². The van der Waals surface area contributed by atoms with Crippen molar-refractivity contribution in [2.45, 2.75) is 38.3 Å². The van der Waals surface area contributed by atoms with Gasteiger partial charge in [-0.15, -0.1) is 0 Å². The van der Waals surface area contributed by atoms with Gasteiger partial charge in [-0.25, -0.2) is 0 Å². The molecule has 3 unspecified atom stereocenters. The monoisotopic (exact) mass is 212 g/mol. The van der Waals surface area contributed by atoms with Crippen molar-refractivity contribution in [3.63, 3.8) is 0 Å². The van der Waals surface area contributed by atoms with E-state index in [-0.39, 0.29) is 0 Å². The molecule has 2 saturated heterocycles. The molecule has 0 saturated carbocycles. The Bertz CT molecular complexity index is 192. The fourth-order valence-electron chi connectivity index (χ4n) is 2.69. The molecule has 88 valence electrons. The van der Waals surface area contributed by atoms with Gasteiger partial charge in [0.25, 0.3) is 0 Å². The number of piperidine rings is 1. The molecule has 2 aliphatic heterocycles. The summed E-state index contributed by atoms with van der Waals surface area (Å²) in [5.74, 6) is 0.823. The molecule has 2 fully saturated rings. The number of ether oxygens (including phenoxy) is 1. The third-order valence-electron chi connectivity index (χ3n) is 3.94. The van der Waals surface area contributed by atoms with Gasteiger partial charge in [-0.3, -0.25) is 4.90 Å². The van der Waals surface area contributed by atoms with Crippen molar-refractivity contribution in [1.82, 2.24) is 10.2 Å². The maximum atomic E-state index is 5.43. The topological polar surface area (TPSA) is 24.5 Å². The average Bonchev–Trinajstić information content (AvgIpc) is 2.74. The Labute approximate surface area is 93.2 Å². The molecule has 1 N–H and O–H groups in total. The van der Waals surface area contributed by atoms with Crippen LogP contribution in [0.25, 0.3) is 0 Å². The minimum absolute atomic E-state index is 0.654. The number of nitrogens with one attached hydrogen (secondary N) is 1. The van der Waals surface area contributed by atoms with Crippen LogP contribution in [0.2, 0.25) is 0 Å². The van der Waals surface area contributed by atoms with Crippen LogP contribution in [0.3, 0.4) is 0 Å². The maximum absolute atomic E-state index is 5.43. The fraction of sp³-hybridized carbons (Fsp3) is 1.00. The van der Waals surface area contributed by atoms with Gasteiger partial charge in [0, 0.05) is 25.2 Å². The number of hydrogen-bond acceptors (Lipinski definition) is 3. The number of nitrogens with zero attached hydrogens (tertiary/aromatic N) is 1. The summed E-state index contributed by atoms with van der Waals surface area (Å²) in [4.78, 5) is 2.48. The SMILES string of the molecule is CC1CCCNC1CN(C)C1CCOC1. The van der Waals surface area contributed by atoms with Gasteiger partial charge in [0.1, 0.15) is 0 Å². The van der Waals surface area contributed by atoms with E-state index < -0.39 is 0 Å². The second-order valence-electron chi connectivity index (χ2n) is 5.14. The van der Waals surface area contributed by atoms with Crippen molar-refractivity contribution in [1.29, 1.82) is 0 Å². The molecule has 0 aromatic rings. The van der Waals surface area contributed by atoms with Crippen molar-refractivity contribution in [3.8, 4) is 0 Å². The lowest BCUT2D eigenvalue weighted by atomic mass is 9.92. The quantitative estimate of drug-likeness (QED) is 0.758. The first kappa shape index (κ1) is 11.4. The fourth-order valence-corrected chi connectivity index (χ4v) is 2.69. The van der Waals surface area contributed by atoms with Crippen LogP contribution >= 0.6 is 0 Å². The number of likely N-dealkylation sites (N-methyl/N-ethyl adjacent to an activating group) is 1. The normalized spacial score (nSPS) is 37.4. The Morgan fingerprint density at radius 1 is 1.40 bits per heavy atom. The predicted octanol–water partition coefficient (Wildman–Crippen LogP) is 1.10. The Balaban J connectivity index is 1.78. The second-order valence-corrected chi connectivity index (χ2v) is 5.14. The zero-order valence-electron chi connectivity index (χ0n) is 10.0. The van der Waals surface area contributed by atoms with Crippen LogP contribution in [-0.4, -0.2) is 50.3 Å².